The Morgan fingerprint density at radius 2 is 1.82 bits per heavy atom. The molecule has 0 bridgehead atoms. The van der Waals surface area contributed by atoms with E-state index in [0.717, 1.165) is 0 Å². The van der Waals surface area contributed by atoms with Crippen molar-refractivity contribution >= 4 is 40.7 Å². The summed E-state index contributed by atoms with van der Waals surface area (Å²) in [6.07, 6.45) is 3.30. The molecule has 0 spiro atoms. The van der Waals surface area contributed by atoms with Crippen molar-refractivity contribution in [3.05, 3.63) is 100 Å². The number of primary amides is 1. The molecule has 4 rings (SSSR count). The van der Waals surface area contributed by atoms with Crippen molar-refractivity contribution in [1.82, 2.24) is 9.78 Å². The van der Waals surface area contributed by atoms with Crippen molar-refractivity contribution in [3.8, 4) is 16.8 Å². The molecule has 166 valence electrons. The zero-order valence-corrected chi connectivity index (χ0v) is 18.8. The van der Waals surface area contributed by atoms with Crippen LogP contribution < -0.4 is 10.6 Å². The topological polar surface area (TPSA) is 81.2 Å². The van der Waals surface area contributed by atoms with Crippen LogP contribution in [0.15, 0.2) is 73.1 Å². The van der Waals surface area contributed by atoms with Gasteiger partial charge in [0.05, 0.1) is 22.0 Å². The van der Waals surface area contributed by atoms with Gasteiger partial charge in [0.15, 0.2) is 0 Å². The van der Waals surface area contributed by atoms with Gasteiger partial charge in [-0.1, -0.05) is 35.3 Å². The number of nitrogens with zero attached hydrogens (tertiary/aromatic N) is 3. The van der Waals surface area contributed by atoms with E-state index in [-0.39, 0.29) is 10.6 Å². The predicted octanol–water partition coefficient (Wildman–Crippen LogP) is 5.36. The molecule has 4 aromatic rings. The highest BCUT2D eigenvalue weighted by Gasteiger charge is 2.23. The van der Waals surface area contributed by atoms with Gasteiger partial charge in [0.25, 0.3) is 5.91 Å². The molecular weight excluding hydrogens is 466 g/mol. The molecule has 3 aromatic carbocycles. The number of nitrogens with two attached hydrogens (primary N) is 1. The van der Waals surface area contributed by atoms with Gasteiger partial charge in [-0.05, 0) is 54.1 Å². The Labute approximate surface area is 198 Å². The van der Waals surface area contributed by atoms with E-state index in [1.807, 2.05) is 0 Å². The minimum absolute atomic E-state index is 0.0131. The summed E-state index contributed by atoms with van der Waals surface area (Å²) in [4.78, 5) is 26.1. The number of anilines is 1. The third-order valence-corrected chi connectivity index (χ3v) is 5.78. The molecule has 0 atom stereocenters. The zero-order valence-electron chi connectivity index (χ0n) is 17.3. The van der Waals surface area contributed by atoms with E-state index < -0.39 is 17.6 Å². The maximum atomic E-state index is 14.4. The van der Waals surface area contributed by atoms with Crippen LogP contribution in [0, 0.1) is 5.82 Å². The summed E-state index contributed by atoms with van der Waals surface area (Å²) in [5, 5.41) is 4.70. The molecule has 0 aliphatic heterocycles. The third kappa shape index (κ3) is 4.33. The van der Waals surface area contributed by atoms with Crippen LogP contribution in [-0.2, 0) is 0 Å². The van der Waals surface area contributed by atoms with Gasteiger partial charge in [0, 0.05) is 35.6 Å². The standard InChI is InChI=1S/C24H17Cl2FN4O2/c1-30(24(33)22-18(26)4-2-5-19(22)27)20-9-7-14(13-21(20)31-11-3-10-29-31)16-12-15(23(28)32)6-8-17(16)25/h2-13H,1H3,(H2,28,32). The lowest BCUT2D eigenvalue weighted by molar-refractivity contribution is 0.0985. The van der Waals surface area contributed by atoms with Crippen LogP contribution in [0.25, 0.3) is 16.8 Å². The summed E-state index contributed by atoms with van der Waals surface area (Å²) in [5.74, 6) is -1.91. The van der Waals surface area contributed by atoms with Crippen molar-refractivity contribution in [2.45, 2.75) is 0 Å². The van der Waals surface area contributed by atoms with Crippen LogP contribution in [0.2, 0.25) is 10.0 Å². The van der Waals surface area contributed by atoms with Gasteiger partial charge in [-0.2, -0.15) is 5.10 Å². The van der Waals surface area contributed by atoms with Gasteiger partial charge in [0.1, 0.15) is 5.82 Å². The van der Waals surface area contributed by atoms with E-state index in [4.69, 9.17) is 28.9 Å². The van der Waals surface area contributed by atoms with E-state index >= 15 is 0 Å². The maximum absolute atomic E-state index is 14.4. The first-order valence-corrected chi connectivity index (χ1v) is 10.5. The smallest absolute Gasteiger partial charge is 0.262 e. The van der Waals surface area contributed by atoms with E-state index in [9.17, 15) is 14.0 Å². The molecule has 0 fully saturated rings. The Balaban J connectivity index is 1.85. The van der Waals surface area contributed by atoms with Crippen molar-refractivity contribution in [2.24, 2.45) is 5.73 Å². The lowest BCUT2D eigenvalue weighted by atomic mass is 10.0. The summed E-state index contributed by atoms with van der Waals surface area (Å²) in [6, 6.07) is 15.7. The second-order valence-corrected chi connectivity index (χ2v) is 7.99. The molecule has 2 amide bonds. The van der Waals surface area contributed by atoms with Gasteiger partial charge >= 0.3 is 0 Å². The van der Waals surface area contributed by atoms with Crippen molar-refractivity contribution in [3.63, 3.8) is 0 Å². The average Bonchev–Trinajstić information content (AvgIpc) is 3.33. The second-order valence-electron chi connectivity index (χ2n) is 7.17. The number of halogens is 3. The van der Waals surface area contributed by atoms with E-state index in [0.29, 0.717) is 33.1 Å². The molecule has 1 aromatic heterocycles. The maximum Gasteiger partial charge on any atom is 0.262 e. The summed E-state index contributed by atoms with van der Waals surface area (Å²) < 4.78 is 15.9. The fourth-order valence-corrected chi connectivity index (χ4v) is 3.92. The quantitative estimate of drug-likeness (QED) is 0.415. The third-order valence-electron chi connectivity index (χ3n) is 5.13. The molecule has 0 unspecified atom stereocenters. The van der Waals surface area contributed by atoms with Crippen LogP contribution in [0.4, 0.5) is 10.1 Å². The highest BCUT2D eigenvalue weighted by Crippen LogP contribution is 2.35. The van der Waals surface area contributed by atoms with Gasteiger partial charge < -0.3 is 10.6 Å². The van der Waals surface area contributed by atoms with Gasteiger partial charge in [0.2, 0.25) is 5.91 Å². The Bertz CT molecular complexity index is 1350. The normalized spacial score (nSPS) is 10.8. The number of aromatic nitrogens is 2. The molecule has 0 saturated heterocycles. The number of carbonyl (C=O) groups excluding carboxylic acids is 2. The molecule has 9 heteroatoms. The highest BCUT2D eigenvalue weighted by atomic mass is 35.5. The second kappa shape index (κ2) is 9.05. The molecule has 0 aliphatic rings. The Hall–Kier alpha value is -3.68. The van der Waals surface area contributed by atoms with Crippen molar-refractivity contribution in [1.29, 1.82) is 0 Å². The van der Waals surface area contributed by atoms with Crippen molar-refractivity contribution in [2.75, 3.05) is 11.9 Å². The van der Waals surface area contributed by atoms with Crippen LogP contribution in [0.5, 0.6) is 0 Å². The largest absolute Gasteiger partial charge is 0.366 e. The average molecular weight is 483 g/mol. The summed E-state index contributed by atoms with van der Waals surface area (Å²) >= 11 is 12.5. The highest BCUT2D eigenvalue weighted by molar-refractivity contribution is 6.34. The number of amides is 2. The molecule has 0 radical (unpaired) electrons. The Morgan fingerprint density at radius 3 is 2.48 bits per heavy atom. The minimum Gasteiger partial charge on any atom is -0.366 e. The van der Waals surface area contributed by atoms with Crippen LogP contribution >= 0.6 is 23.2 Å². The zero-order chi connectivity index (χ0) is 23.7. The molecule has 33 heavy (non-hydrogen) atoms. The molecule has 0 saturated carbocycles. The molecule has 1 heterocycles. The van der Waals surface area contributed by atoms with Gasteiger partial charge in [-0.25, -0.2) is 9.07 Å². The fourth-order valence-electron chi connectivity index (χ4n) is 3.45. The van der Waals surface area contributed by atoms with E-state index in [1.165, 1.54) is 30.1 Å². The minimum atomic E-state index is -0.716. The summed E-state index contributed by atoms with van der Waals surface area (Å²) in [7, 11) is 1.52. The first-order valence-electron chi connectivity index (χ1n) is 9.74. The van der Waals surface area contributed by atoms with E-state index in [1.54, 1.807) is 59.5 Å². The number of rotatable bonds is 5. The predicted molar refractivity (Wildman–Crippen MR) is 127 cm³/mol. The van der Waals surface area contributed by atoms with Crippen LogP contribution in [-0.4, -0.2) is 28.6 Å². The molecule has 2 N–H and O–H groups in total. The molecular formula is C24H17Cl2FN4O2. The number of carbonyl (C=O) groups is 2. The van der Waals surface area contributed by atoms with E-state index in [2.05, 4.69) is 5.10 Å². The summed E-state index contributed by atoms with van der Waals surface area (Å²) in [5.41, 5.74) is 7.72. The lowest BCUT2D eigenvalue weighted by Gasteiger charge is -2.22. The molecule has 6 nitrogen and oxygen atoms in total. The number of hydrogen-bond donors (Lipinski definition) is 1. The van der Waals surface area contributed by atoms with Gasteiger partial charge in [-0.3, -0.25) is 9.59 Å². The van der Waals surface area contributed by atoms with Crippen molar-refractivity contribution < 1.29 is 14.0 Å². The Kier molecular flexibility index (Phi) is 6.18. The number of benzene rings is 3. The van der Waals surface area contributed by atoms with Crippen LogP contribution in [0.1, 0.15) is 20.7 Å². The van der Waals surface area contributed by atoms with Crippen LogP contribution in [0.3, 0.4) is 0 Å². The SMILES string of the molecule is CN(C(=O)c1c(F)cccc1Cl)c1ccc(-c2cc(C(N)=O)ccc2Cl)cc1-n1cccn1. The molecule has 0 aliphatic carbocycles. The Morgan fingerprint density at radius 1 is 1.03 bits per heavy atom. The number of hydrogen-bond acceptors (Lipinski definition) is 3. The first-order chi connectivity index (χ1) is 15.8. The first kappa shape index (κ1) is 22.5. The summed E-state index contributed by atoms with van der Waals surface area (Å²) in [6.45, 7) is 0. The fraction of sp³-hybridized carbons (Fsp3) is 0.0417. The monoisotopic (exact) mass is 482 g/mol. The lowest BCUT2D eigenvalue weighted by Crippen LogP contribution is -2.28. The van der Waals surface area contributed by atoms with Gasteiger partial charge in [-0.15, -0.1) is 0 Å².